The topological polar surface area (TPSA) is 134 Å². The molecule has 0 aliphatic carbocycles. The van der Waals surface area contributed by atoms with Gasteiger partial charge in [0.05, 0.1) is 13.2 Å². The molecule has 20 heavy (non-hydrogen) atoms. The summed E-state index contributed by atoms with van der Waals surface area (Å²) in [6.45, 7) is -0.509. The highest BCUT2D eigenvalue weighted by Gasteiger charge is 2.51. The number of hydrogen-bond acceptors (Lipinski definition) is 7. The number of carbonyl (C=O) groups is 2. The number of amidine groups is 1. The Labute approximate surface area is 114 Å². The molecule has 0 saturated carbocycles. The molecule has 2 atom stereocenters. The number of hydrazine groups is 1. The van der Waals surface area contributed by atoms with Crippen molar-refractivity contribution in [2.24, 2.45) is 10.8 Å². The predicted molar refractivity (Wildman–Crippen MR) is 67.7 cm³/mol. The van der Waals surface area contributed by atoms with Crippen LogP contribution in [0.3, 0.4) is 0 Å². The first kappa shape index (κ1) is 14.4. The van der Waals surface area contributed by atoms with E-state index in [1.165, 1.54) is 23.6 Å². The lowest BCUT2D eigenvalue weighted by atomic mass is 10.1. The van der Waals surface area contributed by atoms with Crippen molar-refractivity contribution in [3.8, 4) is 0 Å². The number of likely N-dealkylation sites (N-methyl/N-ethyl adjacent to an activating group) is 2. The van der Waals surface area contributed by atoms with E-state index in [1.54, 1.807) is 0 Å². The van der Waals surface area contributed by atoms with Gasteiger partial charge < -0.3 is 10.2 Å². The summed E-state index contributed by atoms with van der Waals surface area (Å²) in [6, 6.07) is -1.35. The van der Waals surface area contributed by atoms with Gasteiger partial charge in [-0.3, -0.25) is 14.6 Å². The van der Waals surface area contributed by atoms with Gasteiger partial charge in [-0.05, 0) is 0 Å². The van der Waals surface area contributed by atoms with Crippen molar-refractivity contribution in [1.29, 1.82) is 0 Å². The van der Waals surface area contributed by atoms with Gasteiger partial charge in [-0.2, -0.15) is 5.84 Å². The fraction of sp³-hybridized carbons (Fsp3) is 0.600. The maximum absolute atomic E-state index is 12.2. The summed E-state index contributed by atoms with van der Waals surface area (Å²) in [6.07, 6.45) is -1.06. The van der Waals surface area contributed by atoms with Crippen LogP contribution in [-0.2, 0) is 4.79 Å². The standard InChI is InChI=1S/C10H16N6O4/c1-14-7-6(8(19)15(2)10(14)20)16(3-5(18)4-17)9(12-7)13-11/h5-6,17-18H,3-4,11H2,1-2H3/p+1. The van der Waals surface area contributed by atoms with Gasteiger partial charge >= 0.3 is 12.0 Å². The second-order valence-electron chi connectivity index (χ2n) is 4.57. The molecule has 10 nitrogen and oxygen atoms in total. The van der Waals surface area contributed by atoms with Gasteiger partial charge in [0.15, 0.2) is 0 Å². The zero-order chi connectivity index (χ0) is 15.0. The summed E-state index contributed by atoms with van der Waals surface area (Å²) in [5.74, 6) is 5.26. The van der Waals surface area contributed by atoms with Crippen LogP contribution in [0.1, 0.15) is 0 Å². The molecule has 2 heterocycles. The molecule has 0 spiro atoms. The lowest BCUT2D eigenvalue weighted by Gasteiger charge is -2.32. The zero-order valence-corrected chi connectivity index (χ0v) is 11.1. The van der Waals surface area contributed by atoms with Gasteiger partial charge in [0, 0.05) is 14.1 Å². The second-order valence-corrected chi connectivity index (χ2v) is 4.57. The van der Waals surface area contributed by atoms with Gasteiger partial charge in [-0.25, -0.2) is 14.8 Å². The Hall–Kier alpha value is -2.04. The van der Waals surface area contributed by atoms with Crippen molar-refractivity contribution in [1.82, 2.24) is 15.2 Å². The third-order valence-corrected chi connectivity index (χ3v) is 3.28. The molecule has 10 heteroatoms. The lowest BCUT2D eigenvalue weighted by molar-refractivity contribution is -0.546. The van der Waals surface area contributed by atoms with Gasteiger partial charge in [0.2, 0.25) is 11.9 Å². The Kier molecular flexibility index (Phi) is 3.70. The molecule has 0 aromatic heterocycles. The van der Waals surface area contributed by atoms with E-state index in [-0.39, 0.29) is 18.3 Å². The smallest absolute Gasteiger partial charge is 0.394 e. The summed E-state index contributed by atoms with van der Waals surface area (Å²) in [5, 5.41) is 18.5. The van der Waals surface area contributed by atoms with E-state index in [2.05, 4.69) is 10.4 Å². The molecule has 110 valence electrons. The van der Waals surface area contributed by atoms with Crippen LogP contribution in [0.4, 0.5) is 4.79 Å². The zero-order valence-electron chi connectivity index (χ0n) is 11.1. The highest BCUT2D eigenvalue weighted by molar-refractivity contribution is 6.22. The molecule has 2 unspecified atom stereocenters. The molecule has 3 amide bonds. The summed E-state index contributed by atoms with van der Waals surface area (Å²) < 4.78 is 1.41. The molecule has 0 radical (unpaired) electrons. The summed E-state index contributed by atoms with van der Waals surface area (Å²) in [5.41, 5.74) is 2.32. The van der Waals surface area contributed by atoms with E-state index in [1.807, 2.05) is 0 Å². The molecular formula is C10H17N6O4+. The highest BCUT2D eigenvalue weighted by Crippen LogP contribution is 2.18. The van der Waals surface area contributed by atoms with Crippen LogP contribution in [0.5, 0.6) is 0 Å². The molecule has 2 aliphatic rings. The average molecular weight is 285 g/mol. The number of nitrogens with one attached hydrogen (secondary N) is 1. The number of rotatable bonds is 3. The number of β-amino-alcohol motifs (C(OH)–C–C–N with tert-alkyl or cyclic N) is 1. The second kappa shape index (κ2) is 5.15. The number of amides is 3. The van der Waals surface area contributed by atoms with E-state index in [4.69, 9.17) is 10.9 Å². The minimum Gasteiger partial charge on any atom is -0.394 e. The Morgan fingerprint density at radius 1 is 1.45 bits per heavy atom. The third-order valence-electron chi connectivity index (χ3n) is 3.28. The lowest BCUT2D eigenvalue weighted by Crippen LogP contribution is -2.62. The highest BCUT2D eigenvalue weighted by atomic mass is 16.3. The van der Waals surface area contributed by atoms with Crippen LogP contribution >= 0.6 is 0 Å². The number of imide groups is 1. The molecule has 0 bridgehead atoms. The number of fused-ring (bicyclic) bond motifs is 1. The van der Waals surface area contributed by atoms with Crippen LogP contribution in [0.15, 0.2) is 4.99 Å². The minimum atomic E-state index is -1.06. The van der Waals surface area contributed by atoms with Gasteiger partial charge in [0.25, 0.3) is 5.91 Å². The van der Waals surface area contributed by atoms with E-state index in [0.29, 0.717) is 0 Å². The molecule has 0 aromatic rings. The molecule has 1 saturated heterocycles. The number of hydrogen-bond donors (Lipinski definition) is 4. The van der Waals surface area contributed by atoms with Gasteiger partial charge in [-0.15, -0.1) is 0 Å². The summed E-state index contributed by atoms with van der Waals surface area (Å²) in [4.78, 5) is 30.4. The van der Waals surface area contributed by atoms with Crippen LogP contribution in [0.2, 0.25) is 0 Å². The quantitative estimate of drug-likeness (QED) is 0.241. The first-order chi connectivity index (χ1) is 9.42. The molecule has 0 aromatic carbocycles. The van der Waals surface area contributed by atoms with Crippen LogP contribution in [0.25, 0.3) is 0 Å². The predicted octanol–water partition coefficient (Wildman–Crippen LogP) is -3.52. The van der Waals surface area contributed by atoms with E-state index < -0.39 is 30.7 Å². The Balaban J connectivity index is 2.39. The molecule has 2 aliphatic heterocycles. The van der Waals surface area contributed by atoms with Crippen molar-refractivity contribution >= 4 is 23.7 Å². The van der Waals surface area contributed by atoms with Crippen LogP contribution in [-0.4, -0.2) is 87.7 Å². The molecule has 2 rings (SSSR count). The van der Waals surface area contributed by atoms with Crippen LogP contribution < -0.4 is 11.3 Å². The fourth-order valence-corrected chi connectivity index (χ4v) is 2.19. The molecule has 5 N–H and O–H groups in total. The summed E-state index contributed by atoms with van der Waals surface area (Å²) in [7, 11) is 2.86. The number of aliphatic hydroxyl groups excluding tert-OH is 2. The summed E-state index contributed by atoms with van der Waals surface area (Å²) >= 11 is 0. The Morgan fingerprint density at radius 3 is 2.65 bits per heavy atom. The number of nitrogens with two attached hydrogens (primary N) is 1. The fourth-order valence-electron chi connectivity index (χ4n) is 2.19. The third kappa shape index (κ3) is 2.03. The first-order valence-corrected chi connectivity index (χ1v) is 5.95. The number of urea groups is 1. The largest absolute Gasteiger partial charge is 0.407 e. The van der Waals surface area contributed by atoms with E-state index in [9.17, 15) is 14.7 Å². The van der Waals surface area contributed by atoms with E-state index >= 15 is 0 Å². The maximum Gasteiger partial charge on any atom is 0.407 e. The minimum absolute atomic E-state index is 0.0463. The number of aliphatic hydroxyl groups is 2. The van der Waals surface area contributed by atoms with Gasteiger partial charge in [-0.1, -0.05) is 4.99 Å². The molecular weight excluding hydrogens is 268 g/mol. The maximum atomic E-state index is 12.2. The van der Waals surface area contributed by atoms with Crippen LogP contribution in [0, 0.1) is 0 Å². The normalized spacial score (nSPS) is 24.1. The Bertz CT molecular complexity index is 516. The average Bonchev–Trinajstić information content (AvgIpc) is 2.81. The number of aliphatic imine (C=N–C) groups is 1. The first-order valence-electron chi connectivity index (χ1n) is 5.95. The monoisotopic (exact) mass is 285 g/mol. The number of nitrogens with zero attached hydrogens (tertiary/aromatic N) is 4. The Morgan fingerprint density at radius 2 is 2.10 bits per heavy atom. The number of guanidine groups is 1. The van der Waals surface area contributed by atoms with Crippen molar-refractivity contribution in [2.45, 2.75) is 12.1 Å². The van der Waals surface area contributed by atoms with Crippen molar-refractivity contribution < 1.29 is 24.4 Å². The SMILES string of the molecule is CN1C(=O)C2C(=NC(NN)=[N+]2CC(O)CO)N(C)C1=O. The van der Waals surface area contributed by atoms with Gasteiger partial charge in [0.1, 0.15) is 6.10 Å². The van der Waals surface area contributed by atoms with Crippen molar-refractivity contribution in [2.75, 3.05) is 27.2 Å². The van der Waals surface area contributed by atoms with E-state index in [0.717, 1.165) is 4.90 Å². The molecule has 1 fully saturated rings. The van der Waals surface area contributed by atoms with Crippen molar-refractivity contribution in [3.05, 3.63) is 0 Å². The number of carbonyl (C=O) groups excluding carboxylic acids is 2. The van der Waals surface area contributed by atoms with Crippen molar-refractivity contribution in [3.63, 3.8) is 0 Å².